The summed E-state index contributed by atoms with van der Waals surface area (Å²) < 4.78 is 12.3. The largest absolute Gasteiger partial charge is 0.371 e. The van der Waals surface area contributed by atoms with E-state index < -0.39 is 0 Å². The fraction of sp³-hybridized carbons (Fsp3) is 0.400. The monoisotopic (exact) mass is 296 g/mol. The third-order valence-corrected chi connectivity index (χ3v) is 4.26. The highest BCUT2D eigenvalue weighted by Gasteiger charge is 2.26. The summed E-state index contributed by atoms with van der Waals surface area (Å²) in [4.78, 5) is 0. The van der Waals surface area contributed by atoms with Crippen LogP contribution in [0.4, 0.5) is 0 Å². The van der Waals surface area contributed by atoms with E-state index in [4.69, 9.17) is 9.47 Å². The first-order chi connectivity index (χ1) is 10.9. The number of ether oxygens (including phenoxy) is 2. The summed E-state index contributed by atoms with van der Waals surface area (Å²) in [5.74, 6) is 0. The molecule has 22 heavy (non-hydrogen) atoms. The zero-order valence-electron chi connectivity index (χ0n) is 13.0. The Morgan fingerprint density at radius 1 is 0.636 bits per heavy atom. The van der Waals surface area contributed by atoms with Crippen LogP contribution in [0.15, 0.2) is 60.7 Å². The van der Waals surface area contributed by atoms with E-state index in [-0.39, 0.29) is 12.2 Å². The van der Waals surface area contributed by atoms with Crippen LogP contribution in [0.3, 0.4) is 0 Å². The first-order valence-electron chi connectivity index (χ1n) is 8.23. The second-order valence-corrected chi connectivity index (χ2v) is 5.95. The fourth-order valence-corrected chi connectivity index (χ4v) is 3.00. The lowest BCUT2D eigenvalue weighted by molar-refractivity contribution is -0.103. The van der Waals surface area contributed by atoms with E-state index in [0.717, 1.165) is 12.8 Å². The molecule has 0 aliphatic heterocycles. The normalized spacial score (nSPS) is 21.6. The number of hydrogen-bond acceptors (Lipinski definition) is 2. The van der Waals surface area contributed by atoms with E-state index in [9.17, 15) is 0 Å². The van der Waals surface area contributed by atoms with E-state index in [1.807, 2.05) is 12.1 Å². The van der Waals surface area contributed by atoms with Crippen LogP contribution in [-0.2, 0) is 22.7 Å². The molecule has 0 aromatic heterocycles. The standard InChI is InChI=1S/C20H24O2/c1-3-9-17(10-4-1)15-21-19-13-7-8-14-20(19)22-16-18-11-5-2-6-12-18/h1-6,9-12,19-20H,7-8,13-16H2/t19-,20-/m0/s1. The molecule has 116 valence electrons. The molecule has 1 fully saturated rings. The molecule has 0 saturated heterocycles. The van der Waals surface area contributed by atoms with Crippen LogP contribution in [0.1, 0.15) is 36.8 Å². The highest BCUT2D eigenvalue weighted by Crippen LogP contribution is 2.25. The van der Waals surface area contributed by atoms with Crippen molar-refractivity contribution in [1.82, 2.24) is 0 Å². The van der Waals surface area contributed by atoms with Gasteiger partial charge < -0.3 is 9.47 Å². The van der Waals surface area contributed by atoms with Crippen LogP contribution >= 0.6 is 0 Å². The van der Waals surface area contributed by atoms with Crippen molar-refractivity contribution in [1.29, 1.82) is 0 Å². The SMILES string of the molecule is c1ccc(CO[C@H]2CCCC[C@@H]2OCc2ccccc2)cc1. The third kappa shape index (κ3) is 4.43. The molecule has 2 heteroatoms. The van der Waals surface area contributed by atoms with Gasteiger partial charge in [-0.2, -0.15) is 0 Å². The van der Waals surface area contributed by atoms with Gasteiger partial charge in [0.15, 0.2) is 0 Å². The van der Waals surface area contributed by atoms with Gasteiger partial charge in [-0.3, -0.25) is 0 Å². The van der Waals surface area contributed by atoms with Gasteiger partial charge in [-0.1, -0.05) is 73.5 Å². The number of rotatable bonds is 6. The Morgan fingerprint density at radius 2 is 1.05 bits per heavy atom. The minimum absolute atomic E-state index is 0.220. The van der Waals surface area contributed by atoms with Gasteiger partial charge in [-0.05, 0) is 24.0 Å². The van der Waals surface area contributed by atoms with Crippen molar-refractivity contribution in [2.45, 2.75) is 51.1 Å². The van der Waals surface area contributed by atoms with Crippen LogP contribution < -0.4 is 0 Å². The minimum Gasteiger partial charge on any atom is -0.371 e. The van der Waals surface area contributed by atoms with Crippen molar-refractivity contribution >= 4 is 0 Å². The summed E-state index contributed by atoms with van der Waals surface area (Å²) in [5, 5.41) is 0. The first-order valence-corrected chi connectivity index (χ1v) is 8.23. The topological polar surface area (TPSA) is 18.5 Å². The maximum absolute atomic E-state index is 6.15. The zero-order chi connectivity index (χ0) is 15.0. The maximum atomic E-state index is 6.15. The average molecular weight is 296 g/mol. The van der Waals surface area contributed by atoms with Crippen LogP contribution in [0.2, 0.25) is 0 Å². The van der Waals surface area contributed by atoms with E-state index in [1.165, 1.54) is 24.0 Å². The molecule has 0 amide bonds. The average Bonchev–Trinajstić information content (AvgIpc) is 2.61. The van der Waals surface area contributed by atoms with Crippen LogP contribution in [0.5, 0.6) is 0 Å². The lowest BCUT2D eigenvalue weighted by atomic mass is 9.94. The molecule has 1 aliphatic rings. The van der Waals surface area contributed by atoms with Crippen molar-refractivity contribution in [2.24, 2.45) is 0 Å². The zero-order valence-corrected chi connectivity index (χ0v) is 13.0. The van der Waals surface area contributed by atoms with E-state index >= 15 is 0 Å². The van der Waals surface area contributed by atoms with Gasteiger partial charge in [-0.15, -0.1) is 0 Å². The van der Waals surface area contributed by atoms with Gasteiger partial charge in [-0.25, -0.2) is 0 Å². The molecule has 2 aromatic carbocycles. The molecule has 0 unspecified atom stereocenters. The lowest BCUT2D eigenvalue weighted by Gasteiger charge is -2.31. The van der Waals surface area contributed by atoms with Gasteiger partial charge in [0.2, 0.25) is 0 Å². The van der Waals surface area contributed by atoms with E-state index in [2.05, 4.69) is 48.5 Å². The summed E-state index contributed by atoms with van der Waals surface area (Å²) in [6, 6.07) is 20.8. The Labute approximate surface area is 133 Å². The van der Waals surface area contributed by atoms with Gasteiger partial charge in [0.25, 0.3) is 0 Å². The highest BCUT2D eigenvalue weighted by atomic mass is 16.5. The van der Waals surface area contributed by atoms with Crippen molar-refractivity contribution in [2.75, 3.05) is 0 Å². The van der Waals surface area contributed by atoms with Crippen molar-refractivity contribution < 1.29 is 9.47 Å². The maximum Gasteiger partial charge on any atom is 0.0841 e. The predicted octanol–water partition coefficient (Wildman–Crippen LogP) is 4.73. The Hall–Kier alpha value is -1.64. The predicted molar refractivity (Wildman–Crippen MR) is 88.5 cm³/mol. The van der Waals surface area contributed by atoms with Crippen molar-refractivity contribution in [3.05, 3.63) is 71.8 Å². The molecule has 0 radical (unpaired) electrons. The summed E-state index contributed by atoms with van der Waals surface area (Å²) in [5.41, 5.74) is 2.46. The molecule has 3 rings (SSSR count). The molecule has 0 N–H and O–H groups in total. The molecule has 2 atom stereocenters. The van der Waals surface area contributed by atoms with Gasteiger partial charge >= 0.3 is 0 Å². The summed E-state index contributed by atoms with van der Waals surface area (Å²) in [6.07, 6.45) is 5.13. The summed E-state index contributed by atoms with van der Waals surface area (Å²) >= 11 is 0. The molecule has 2 nitrogen and oxygen atoms in total. The van der Waals surface area contributed by atoms with Gasteiger partial charge in [0.05, 0.1) is 25.4 Å². The molecular weight excluding hydrogens is 272 g/mol. The van der Waals surface area contributed by atoms with Gasteiger partial charge in [0, 0.05) is 0 Å². The van der Waals surface area contributed by atoms with Crippen molar-refractivity contribution in [3.63, 3.8) is 0 Å². The fourth-order valence-electron chi connectivity index (χ4n) is 3.00. The quantitative estimate of drug-likeness (QED) is 0.767. The Bertz CT molecular complexity index is 487. The molecule has 1 aliphatic carbocycles. The molecular formula is C20H24O2. The first kappa shape index (κ1) is 15.3. The summed E-state index contributed by atoms with van der Waals surface area (Å²) in [7, 11) is 0. The molecule has 1 saturated carbocycles. The number of benzene rings is 2. The van der Waals surface area contributed by atoms with Crippen LogP contribution in [0, 0.1) is 0 Å². The number of hydrogen-bond donors (Lipinski definition) is 0. The Morgan fingerprint density at radius 3 is 1.45 bits per heavy atom. The second-order valence-electron chi connectivity index (χ2n) is 5.95. The highest BCUT2D eigenvalue weighted by molar-refractivity contribution is 5.14. The molecule has 0 spiro atoms. The van der Waals surface area contributed by atoms with E-state index in [0.29, 0.717) is 13.2 Å². The Kier molecular flexibility index (Phi) is 5.63. The summed E-state index contributed by atoms with van der Waals surface area (Å²) in [6.45, 7) is 1.35. The molecule has 0 bridgehead atoms. The van der Waals surface area contributed by atoms with Gasteiger partial charge in [0.1, 0.15) is 0 Å². The minimum atomic E-state index is 0.220. The van der Waals surface area contributed by atoms with Crippen molar-refractivity contribution in [3.8, 4) is 0 Å². The molecule has 2 aromatic rings. The smallest absolute Gasteiger partial charge is 0.0841 e. The Balaban J connectivity index is 1.52. The van der Waals surface area contributed by atoms with Crippen LogP contribution in [-0.4, -0.2) is 12.2 Å². The van der Waals surface area contributed by atoms with Crippen LogP contribution in [0.25, 0.3) is 0 Å². The molecule has 0 heterocycles. The lowest BCUT2D eigenvalue weighted by Crippen LogP contribution is -2.34. The second kappa shape index (κ2) is 8.11. The third-order valence-electron chi connectivity index (χ3n) is 4.26. The van der Waals surface area contributed by atoms with E-state index in [1.54, 1.807) is 0 Å².